The Balaban J connectivity index is 1.32. The molecule has 0 aromatic heterocycles. The highest BCUT2D eigenvalue weighted by molar-refractivity contribution is 5.76. The molecule has 656 valence electrons. The molecule has 17 atom stereocenters. The number of aliphatic hydroxyl groups is 11. The van der Waals surface area contributed by atoms with Crippen LogP contribution in [-0.4, -0.2) is 193 Å². The highest BCUT2D eigenvalue weighted by atomic mass is 16.8. The summed E-state index contributed by atoms with van der Waals surface area (Å²) >= 11 is 0. The minimum atomic E-state index is -1.98. The van der Waals surface area contributed by atoms with Crippen LogP contribution in [-0.2, 0) is 33.2 Å². The van der Waals surface area contributed by atoms with Crippen molar-refractivity contribution in [2.45, 2.75) is 465 Å². The molecule has 0 radical (unpaired) electrons. The predicted molar refractivity (Wildman–Crippen MR) is 457 cm³/mol. The SMILES string of the molecule is CC/C=C\C/C=C\C/C=C\C/C=C\C/C=C\C/C=C\C/C=C\C/C=C\CCCCCCCCCCCCCCC(=O)NC(COC1OC(CO)C(OC2OC(CO)C(OC3OC(CO)C(O)C(O)C3O)C(O)C2O)C(O)C1O)C(O)CCCCCCCCCCCCCCCCCCCCCCCCCCCCCCCCC. The molecule has 113 heavy (non-hydrogen) atoms. The van der Waals surface area contributed by atoms with E-state index in [9.17, 15) is 61.0 Å². The molecule has 19 nitrogen and oxygen atoms in total. The summed E-state index contributed by atoms with van der Waals surface area (Å²) in [7, 11) is 0. The van der Waals surface area contributed by atoms with Gasteiger partial charge < -0.3 is 89.9 Å². The van der Waals surface area contributed by atoms with Gasteiger partial charge in [-0.15, -0.1) is 0 Å². The molecule has 0 aromatic rings. The van der Waals surface area contributed by atoms with E-state index in [-0.39, 0.29) is 18.9 Å². The number of amides is 1. The molecule has 3 heterocycles. The largest absolute Gasteiger partial charge is 0.394 e. The zero-order valence-electron chi connectivity index (χ0n) is 70.8. The second-order valence-electron chi connectivity index (χ2n) is 32.4. The van der Waals surface area contributed by atoms with Crippen LogP contribution in [0.1, 0.15) is 361 Å². The monoisotopic (exact) mass is 1600 g/mol. The number of carbonyl (C=O) groups excluding carboxylic acids is 1. The van der Waals surface area contributed by atoms with Gasteiger partial charge in [0.05, 0.1) is 38.6 Å². The van der Waals surface area contributed by atoms with E-state index < -0.39 is 124 Å². The number of hydrogen-bond acceptors (Lipinski definition) is 18. The second kappa shape index (κ2) is 72.7. The van der Waals surface area contributed by atoms with Gasteiger partial charge >= 0.3 is 0 Å². The summed E-state index contributed by atoms with van der Waals surface area (Å²) in [5.41, 5.74) is 0. The van der Waals surface area contributed by atoms with Crippen molar-refractivity contribution < 1.29 is 89.4 Å². The molecule has 3 fully saturated rings. The van der Waals surface area contributed by atoms with Crippen LogP contribution in [0, 0.1) is 0 Å². The normalized spacial score (nSPS) is 25.3. The smallest absolute Gasteiger partial charge is 0.220 e. The van der Waals surface area contributed by atoms with Crippen LogP contribution in [0.2, 0.25) is 0 Å². The molecule has 3 rings (SSSR count). The Morgan fingerprint density at radius 1 is 0.327 bits per heavy atom. The third-order valence-electron chi connectivity index (χ3n) is 22.4. The molecular weight excluding hydrogens is 1430 g/mol. The van der Waals surface area contributed by atoms with E-state index >= 15 is 0 Å². The van der Waals surface area contributed by atoms with Gasteiger partial charge in [0.1, 0.15) is 73.2 Å². The molecule has 0 aromatic carbocycles. The van der Waals surface area contributed by atoms with Crippen LogP contribution in [0.3, 0.4) is 0 Å². The van der Waals surface area contributed by atoms with E-state index in [1.165, 1.54) is 225 Å². The third-order valence-corrected chi connectivity index (χ3v) is 22.4. The van der Waals surface area contributed by atoms with E-state index in [1.807, 2.05) is 0 Å². The van der Waals surface area contributed by atoms with Gasteiger partial charge in [-0.2, -0.15) is 0 Å². The fourth-order valence-corrected chi connectivity index (χ4v) is 15.2. The van der Waals surface area contributed by atoms with Gasteiger partial charge in [-0.05, 0) is 77.0 Å². The Morgan fingerprint density at radius 2 is 0.611 bits per heavy atom. The highest BCUT2D eigenvalue weighted by Crippen LogP contribution is 2.34. The Labute approximate surface area is 685 Å². The quantitative estimate of drug-likeness (QED) is 0.0199. The Morgan fingerprint density at radius 3 is 0.956 bits per heavy atom. The molecule has 12 N–H and O–H groups in total. The number of rotatable bonds is 74. The van der Waals surface area contributed by atoms with Crippen molar-refractivity contribution in [2.75, 3.05) is 26.4 Å². The van der Waals surface area contributed by atoms with E-state index in [0.717, 1.165) is 103 Å². The molecule has 1 amide bonds. The highest BCUT2D eigenvalue weighted by Gasteiger charge is 2.54. The number of hydrogen-bond donors (Lipinski definition) is 12. The summed E-state index contributed by atoms with van der Waals surface area (Å²) in [4.78, 5) is 13.6. The summed E-state index contributed by atoms with van der Waals surface area (Å²) in [6.07, 6.45) is 73.6. The van der Waals surface area contributed by atoms with Crippen molar-refractivity contribution in [1.82, 2.24) is 5.32 Å². The van der Waals surface area contributed by atoms with Crippen LogP contribution in [0.4, 0.5) is 0 Å². The lowest BCUT2D eigenvalue weighted by Crippen LogP contribution is -2.66. The molecule has 17 unspecified atom stereocenters. The summed E-state index contributed by atoms with van der Waals surface area (Å²) in [5.74, 6) is -0.243. The van der Waals surface area contributed by atoms with Crippen molar-refractivity contribution in [1.29, 1.82) is 0 Å². The van der Waals surface area contributed by atoms with Crippen molar-refractivity contribution in [3.8, 4) is 0 Å². The molecule has 19 heteroatoms. The lowest BCUT2D eigenvalue weighted by molar-refractivity contribution is -0.379. The number of unbranched alkanes of at least 4 members (excludes halogenated alkanes) is 42. The average Bonchev–Trinajstić information content (AvgIpc) is 0.779. The summed E-state index contributed by atoms with van der Waals surface area (Å²) in [6.45, 7) is 1.73. The van der Waals surface area contributed by atoms with Crippen LogP contribution >= 0.6 is 0 Å². The minimum absolute atomic E-state index is 0.243. The van der Waals surface area contributed by atoms with Gasteiger partial charge in [0.25, 0.3) is 0 Å². The van der Waals surface area contributed by atoms with Gasteiger partial charge in [-0.1, -0.05) is 374 Å². The predicted octanol–water partition coefficient (Wildman–Crippen LogP) is 17.9. The number of allylic oxidation sites excluding steroid dienone is 16. The van der Waals surface area contributed by atoms with Crippen LogP contribution < -0.4 is 5.32 Å². The summed E-state index contributed by atoms with van der Waals surface area (Å²) in [5, 5.41) is 121. The Bertz CT molecular complexity index is 2420. The maximum Gasteiger partial charge on any atom is 0.220 e. The fourth-order valence-electron chi connectivity index (χ4n) is 15.2. The zero-order chi connectivity index (χ0) is 81.7. The molecule has 0 saturated carbocycles. The molecule has 0 aliphatic carbocycles. The number of aliphatic hydroxyl groups excluding tert-OH is 11. The lowest BCUT2D eigenvalue weighted by Gasteiger charge is -2.48. The first kappa shape index (κ1) is 104. The standard InChI is InChI=1S/C94H167NO18/c1-3-5-7-9-11-13-15-17-19-21-23-25-27-29-31-33-35-36-37-38-39-40-42-44-46-48-50-52-54-56-58-60-62-64-66-68-70-72-82(100)95-77(78(99)71-69-67-65-63-61-59-57-55-53-51-49-47-45-43-41-34-32-30-28-26-24-22-20-18-16-14-12-10-8-6-4-2)76-108-92-88(106)85(103)90(80(74-97)110-92)113-94-89(107)86(104)91(81(75-98)111-94)112-93-87(105)84(102)83(101)79(73-96)109-93/h5,7,11,13,17,19,23,25,29,31,35-36,38-39,42,44,77-81,83-94,96-99,101-107H,3-4,6,8-10,12,14-16,18,20-22,24,26-28,30,32-34,37,40-41,43,45-76H2,1-2H3,(H,95,100)/b7-5-,13-11-,19-17-,25-23-,31-29-,36-35-,39-38-,44-42-. The third kappa shape index (κ3) is 51.1. The molecule has 0 bridgehead atoms. The molecule has 3 aliphatic rings. The van der Waals surface area contributed by atoms with Crippen LogP contribution in [0.15, 0.2) is 97.2 Å². The lowest BCUT2D eigenvalue weighted by atomic mass is 9.96. The van der Waals surface area contributed by atoms with E-state index in [4.69, 9.17) is 28.4 Å². The van der Waals surface area contributed by atoms with Crippen LogP contribution in [0.25, 0.3) is 0 Å². The summed E-state index contributed by atoms with van der Waals surface area (Å²) < 4.78 is 34.6. The van der Waals surface area contributed by atoms with Crippen molar-refractivity contribution in [3.63, 3.8) is 0 Å². The van der Waals surface area contributed by atoms with Gasteiger partial charge in [0, 0.05) is 6.42 Å². The molecule has 0 spiro atoms. The number of nitrogens with one attached hydrogen (secondary N) is 1. The number of carbonyl (C=O) groups is 1. The minimum Gasteiger partial charge on any atom is -0.394 e. The zero-order valence-corrected chi connectivity index (χ0v) is 70.8. The van der Waals surface area contributed by atoms with Crippen molar-refractivity contribution in [2.24, 2.45) is 0 Å². The van der Waals surface area contributed by atoms with Crippen molar-refractivity contribution >= 4 is 5.91 Å². The molecule has 3 aliphatic heterocycles. The van der Waals surface area contributed by atoms with Gasteiger partial charge in [0.2, 0.25) is 5.91 Å². The van der Waals surface area contributed by atoms with Gasteiger partial charge in [0.15, 0.2) is 18.9 Å². The first-order chi connectivity index (χ1) is 55.3. The van der Waals surface area contributed by atoms with Gasteiger partial charge in [-0.25, -0.2) is 0 Å². The second-order valence-corrected chi connectivity index (χ2v) is 32.4. The van der Waals surface area contributed by atoms with Crippen molar-refractivity contribution in [3.05, 3.63) is 97.2 Å². The molecular formula is C94H167NO18. The summed E-state index contributed by atoms with van der Waals surface area (Å²) in [6, 6.07) is -0.896. The van der Waals surface area contributed by atoms with Gasteiger partial charge in [-0.3, -0.25) is 4.79 Å². The van der Waals surface area contributed by atoms with E-state index in [2.05, 4.69) is 116 Å². The molecule has 3 saturated heterocycles. The Hall–Kier alpha value is -3.29. The Kier molecular flexibility index (Phi) is 66.8. The maximum absolute atomic E-state index is 13.6. The first-order valence-corrected chi connectivity index (χ1v) is 46.0. The van der Waals surface area contributed by atoms with E-state index in [1.54, 1.807) is 0 Å². The average molecular weight is 1600 g/mol. The number of ether oxygens (including phenoxy) is 6. The maximum atomic E-state index is 13.6. The topological polar surface area (TPSA) is 307 Å². The first-order valence-electron chi connectivity index (χ1n) is 46.0. The van der Waals surface area contributed by atoms with Crippen LogP contribution in [0.5, 0.6) is 0 Å². The van der Waals surface area contributed by atoms with E-state index in [0.29, 0.717) is 12.8 Å². The fraction of sp³-hybridized carbons (Fsp3) is 0.819.